The molecule has 1 aromatic carbocycles. The first-order valence-electron chi connectivity index (χ1n) is 8.89. The molecule has 1 aromatic heterocycles. The highest BCUT2D eigenvalue weighted by molar-refractivity contribution is 5.91. The summed E-state index contributed by atoms with van der Waals surface area (Å²) in [4.78, 5) is 20.8. The van der Waals surface area contributed by atoms with Gasteiger partial charge < -0.3 is 11.1 Å². The fourth-order valence-electron chi connectivity index (χ4n) is 4.08. The molecule has 0 fully saturated rings. The Bertz CT molecular complexity index is 871. The minimum atomic E-state index is -0.871. The SMILES string of the molecule is NC(CC(=O)Nc1ncnc2c1CCC2)C1CCc2cc(F)c(F)cc21. The highest BCUT2D eigenvalue weighted by Gasteiger charge is 2.30. The Morgan fingerprint density at radius 1 is 1.23 bits per heavy atom. The standard InChI is InChI=1S/C19H20F2N4O/c20-14-6-10-4-5-11(13(10)7-15(14)21)16(22)8-18(26)25-19-12-2-1-3-17(12)23-9-24-19/h6-7,9,11,16H,1-5,8,22H2,(H,23,24,25,26). The van der Waals surface area contributed by atoms with Crippen LogP contribution in [-0.4, -0.2) is 21.9 Å². The number of benzene rings is 1. The molecule has 0 spiro atoms. The van der Waals surface area contributed by atoms with Gasteiger partial charge in [-0.2, -0.15) is 0 Å². The zero-order valence-electron chi connectivity index (χ0n) is 14.3. The minimum Gasteiger partial charge on any atom is -0.327 e. The maximum Gasteiger partial charge on any atom is 0.227 e. The smallest absolute Gasteiger partial charge is 0.227 e. The predicted octanol–water partition coefficient (Wildman–Crippen LogP) is 2.63. The Hall–Kier alpha value is -2.41. The van der Waals surface area contributed by atoms with Crippen molar-refractivity contribution in [3.8, 4) is 0 Å². The van der Waals surface area contributed by atoms with Crippen molar-refractivity contribution in [2.75, 3.05) is 5.32 Å². The van der Waals surface area contributed by atoms with Crippen molar-refractivity contribution < 1.29 is 13.6 Å². The van der Waals surface area contributed by atoms with E-state index in [1.807, 2.05) is 0 Å². The van der Waals surface area contributed by atoms with Gasteiger partial charge in [0.15, 0.2) is 11.6 Å². The van der Waals surface area contributed by atoms with Crippen molar-refractivity contribution in [3.05, 3.63) is 52.5 Å². The van der Waals surface area contributed by atoms with Gasteiger partial charge in [0.1, 0.15) is 12.1 Å². The first-order chi connectivity index (χ1) is 12.5. The van der Waals surface area contributed by atoms with E-state index in [-0.39, 0.29) is 18.2 Å². The average Bonchev–Trinajstić information content (AvgIpc) is 3.22. The number of hydrogen-bond acceptors (Lipinski definition) is 4. The second kappa shape index (κ2) is 6.72. The zero-order chi connectivity index (χ0) is 18.3. The Labute approximate surface area is 150 Å². The molecule has 5 nitrogen and oxygen atoms in total. The number of amides is 1. The van der Waals surface area contributed by atoms with E-state index in [1.165, 1.54) is 18.5 Å². The second-order valence-electron chi connectivity index (χ2n) is 7.03. The van der Waals surface area contributed by atoms with Gasteiger partial charge in [-0.3, -0.25) is 4.79 Å². The summed E-state index contributed by atoms with van der Waals surface area (Å²) < 4.78 is 27.0. The van der Waals surface area contributed by atoms with Crippen LogP contribution in [0.1, 0.15) is 47.6 Å². The van der Waals surface area contributed by atoms with Crippen LogP contribution in [0.5, 0.6) is 0 Å². The average molecular weight is 358 g/mol. The van der Waals surface area contributed by atoms with Gasteiger partial charge in [0.25, 0.3) is 0 Å². The third-order valence-corrected chi connectivity index (χ3v) is 5.38. The molecule has 3 N–H and O–H groups in total. The van der Waals surface area contributed by atoms with Gasteiger partial charge in [0.05, 0.1) is 0 Å². The summed E-state index contributed by atoms with van der Waals surface area (Å²) >= 11 is 0. The lowest BCUT2D eigenvalue weighted by molar-refractivity contribution is -0.116. The maximum absolute atomic E-state index is 13.6. The fourth-order valence-corrected chi connectivity index (χ4v) is 4.08. The number of aromatic nitrogens is 2. The molecule has 4 rings (SSSR count). The zero-order valence-corrected chi connectivity index (χ0v) is 14.3. The van der Waals surface area contributed by atoms with Crippen LogP contribution in [-0.2, 0) is 24.1 Å². The molecule has 1 heterocycles. The number of anilines is 1. The minimum absolute atomic E-state index is 0.0991. The Morgan fingerprint density at radius 2 is 2.04 bits per heavy atom. The molecule has 2 aliphatic rings. The van der Waals surface area contributed by atoms with Crippen molar-refractivity contribution >= 4 is 11.7 Å². The highest BCUT2D eigenvalue weighted by Crippen LogP contribution is 2.37. The number of aryl methyl sites for hydroxylation is 2. The third-order valence-electron chi connectivity index (χ3n) is 5.38. The van der Waals surface area contributed by atoms with E-state index in [2.05, 4.69) is 15.3 Å². The number of halogens is 2. The number of rotatable bonds is 4. The lowest BCUT2D eigenvalue weighted by Crippen LogP contribution is -2.32. The summed E-state index contributed by atoms with van der Waals surface area (Å²) in [6.07, 6.45) is 5.67. The summed E-state index contributed by atoms with van der Waals surface area (Å²) in [7, 11) is 0. The van der Waals surface area contributed by atoms with Crippen LogP contribution < -0.4 is 11.1 Å². The van der Waals surface area contributed by atoms with Crippen LogP contribution in [0.4, 0.5) is 14.6 Å². The number of nitrogens with one attached hydrogen (secondary N) is 1. The molecular weight excluding hydrogens is 338 g/mol. The van der Waals surface area contributed by atoms with Crippen LogP contribution in [0, 0.1) is 11.6 Å². The molecule has 26 heavy (non-hydrogen) atoms. The van der Waals surface area contributed by atoms with Crippen LogP contribution in [0.2, 0.25) is 0 Å². The third kappa shape index (κ3) is 3.07. The number of carbonyl (C=O) groups excluding carboxylic acids is 1. The molecule has 0 bridgehead atoms. The van der Waals surface area contributed by atoms with Gasteiger partial charge in [-0.05, 0) is 55.4 Å². The first-order valence-corrected chi connectivity index (χ1v) is 8.89. The van der Waals surface area contributed by atoms with E-state index < -0.39 is 17.7 Å². The van der Waals surface area contributed by atoms with E-state index in [4.69, 9.17) is 5.73 Å². The van der Waals surface area contributed by atoms with Crippen molar-refractivity contribution in [1.29, 1.82) is 0 Å². The van der Waals surface area contributed by atoms with Crippen molar-refractivity contribution in [2.45, 2.75) is 50.5 Å². The molecule has 0 radical (unpaired) electrons. The van der Waals surface area contributed by atoms with E-state index in [9.17, 15) is 13.6 Å². The van der Waals surface area contributed by atoms with Crippen LogP contribution >= 0.6 is 0 Å². The van der Waals surface area contributed by atoms with E-state index in [0.717, 1.165) is 36.1 Å². The number of nitrogens with two attached hydrogens (primary N) is 1. The summed E-state index contributed by atoms with van der Waals surface area (Å²) in [5.74, 6) is -1.52. The van der Waals surface area contributed by atoms with Crippen LogP contribution in [0.15, 0.2) is 18.5 Å². The van der Waals surface area contributed by atoms with E-state index in [1.54, 1.807) is 0 Å². The predicted molar refractivity (Wildman–Crippen MR) is 92.7 cm³/mol. The Morgan fingerprint density at radius 3 is 2.88 bits per heavy atom. The Kier molecular flexibility index (Phi) is 4.40. The van der Waals surface area contributed by atoms with Gasteiger partial charge in [0, 0.05) is 29.6 Å². The number of hydrogen-bond donors (Lipinski definition) is 2. The number of nitrogens with zero attached hydrogens (tertiary/aromatic N) is 2. The number of fused-ring (bicyclic) bond motifs is 2. The van der Waals surface area contributed by atoms with Crippen molar-refractivity contribution in [3.63, 3.8) is 0 Å². The lowest BCUT2D eigenvalue weighted by Gasteiger charge is -2.20. The Balaban J connectivity index is 1.45. The van der Waals surface area contributed by atoms with Crippen molar-refractivity contribution in [1.82, 2.24) is 9.97 Å². The summed E-state index contributed by atoms with van der Waals surface area (Å²) in [6.45, 7) is 0. The van der Waals surface area contributed by atoms with Crippen LogP contribution in [0.25, 0.3) is 0 Å². The van der Waals surface area contributed by atoms with Gasteiger partial charge in [0.2, 0.25) is 5.91 Å². The summed E-state index contributed by atoms with van der Waals surface area (Å²) in [5, 5.41) is 2.84. The molecule has 2 aromatic rings. The summed E-state index contributed by atoms with van der Waals surface area (Å²) in [6, 6.07) is 2.00. The second-order valence-corrected chi connectivity index (χ2v) is 7.03. The molecule has 0 aliphatic heterocycles. The largest absolute Gasteiger partial charge is 0.327 e. The van der Waals surface area contributed by atoms with Gasteiger partial charge in [-0.1, -0.05) is 0 Å². The molecule has 2 atom stereocenters. The molecule has 0 saturated heterocycles. The lowest BCUT2D eigenvalue weighted by atomic mass is 9.91. The molecule has 0 saturated carbocycles. The molecule has 7 heteroatoms. The first kappa shape index (κ1) is 17.0. The quantitative estimate of drug-likeness (QED) is 0.880. The topological polar surface area (TPSA) is 80.9 Å². The normalized spacial score (nSPS) is 19.1. The fraction of sp³-hybridized carbons (Fsp3) is 0.421. The van der Waals surface area contributed by atoms with Gasteiger partial charge in [-0.25, -0.2) is 18.7 Å². The highest BCUT2D eigenvalue weighted by atomic mass is 19.2. The molecular formula is C19H20F2N4O. The van der Waals surface area contributed by atoms with Crippen LogP contribution in [0.3, 0.4) is 0 Å². The number of carbonyl (C=O) groups is 1. The van der Waals surface area contributed by atoms with Gasteiger partial charge in [-0.15, -0.1) is 0 Å². The maximum atomic E-state index is 13.6. The van der Waals surface area contributed by atoms with Crippen molar-refractivity contribution in [2.24, 2.45) is 5.73 Å². The van der Waals surface area contributed by atoms with E-state index >= 15 is 0 Å². The molecule has 136 valence electrons. The monoisotopic (exact) mass is 358 g/mol. The van der Waals surface area contributed by atoms with E-state index in [0.29, 0.717) is 24.2 Å². The van der Waals surface area contributed by atoms with Gasteiger partial charge >= 0.3 is 0 Å². The molecule has 2 aliphatic carbocycles. The molecule has 2 unspecified atom stereocenters. The summed E-state index contributed by atoms with van der Waals surface area (Å²) in [5.41, 5.74) is 9.72. The molecule has 1 amide bonds.